The highest BCUT2D eigenvalue weighted by Crippen LogP contribution is 2.46. The van der Waals surface area contributed by atoms with E-state index in [2.05, 4.69) is 5.92 Å². The van der Waals surface area contributed by atoms with Crippen LogP contribution in [0.15, 0.2) is 0 Å². The SMILES string of the molecule is C#CC[C@]1(O)O[C@H]([C@H]2COC(C)(C)O2)[C@@H]2OC(C)(C)O[C@@H]21. The Hall–Kier alpha value is -0.680. The molecule has 6 nitrogen and oxygen atoms in total. The van der Waals surface area contributed by atoms with E-state index in [0.717, 1.165) is 0 Å². The number of hydrogen-bond donors (Lipinski definition) is 1. The molecule has 5 atom stereocenters. The van der Waals surface area contributed by atoms with Gasteiger partial charge in [0.05, 0.1) is 13.0 Å². The second kappa shape index (κ2) is 4.66. The van der Waals surface area contributed by atoms with E-state index in [4.69, 9.17) is 30.1 Å². The van der Waals surface area contributed by atoms with Gasteiger partial charge in [-0.3, -0.25) is 0 Å². The summed E-state index contributed by atoms with van der Waals surface area (Å²) in [5, 5.41) is 10.7. The van der Waals surface area contributed by atoms with Crippen LogP contribution in [0.1, 0.15) is 34.1 Å². The van der Waals surface area contributed by atoms with Crippen LogP contribution in [0.2, 0.25) is 0 Å². The Morgan fingerprint density at radius 3 is 2.33 bits per heavy atom. The number of hydrogen-bond acceptors (Lipinski definition) is 6. The maximum absolute atomic E-state index is 10.7. The third-order valence-corrected chi connectivity index (χ3v) is 3.99. The maximum atomic E-state index is 10.7. The molecule has 3 saturated heterocycles. The summed E-state index contributed by atoms with van der Waals surface area (Å²) in [6, 6.07) is 0. The van der Waals surface area contributed by atoms with Gasteiger partial charge in [-0.2, -0.15) is 0 Å². The van der Waals surface area contributed by atoms with Crippen molar-refractivity contribution < 1.29 is 28.8 Å². The van der Waals surface area contributed by atoms with Crippen molar-refractivity contribution in [2.24, 2.45) is 0 Å². The minimum Gasteiger partial charge on any atom is -0.363 e. The molecule has 3 heterocycles. The summed E-state index contributed by atoms with van der Waals surface area (Å²) in [5.74, 6) is -0.599. The molecular formula is C15H22O6. The molecule has 3 aliphatic rings. The summed E-state index contributed by atoms with van der Waals surface area (Å²) in [5.41, 5.74) is 0. The number of rotatable bonds is 2. The first-order chi connectivity index (χ1) is 9.66. The molecule has 3 fully saturated rings. The molecule has 0 amide bonds. The molecule has 6 heteroatoms. The average molecular weight is 298 g/mol. The third-order valence-electron chi connectivity index (χ3n) is 3.99. The van der Waals surface area contributed by atoms with E-state index in [1.165, 1.54) is 0 Å². The standard InChI is InChI=1S/C15H22O6/c1-6-7-15(16)12-11(19-14(4,5)21-12)10(20-15)9-8-17-13(2,3)18-9/h1,9-12,16H,7-8H2,2-5H3/t9-,10-,11+,12+,15+/m1/s1. The molecule has 0 radical (unpaired) electrons. The molecule has 0 aromatic carbocycles. The van der Waals surface area contributed by atoms with Crippen molar-refractivity contribution in [3.63, 3.8) is 0 Å². The summed E-state index contributed by atoms with van der Waals surface area (Å²) in [4.78, 5) is 0. The Morgan fingerprint density at radius 2 is 1.76 bits per heavy atom. The highest BCUT2D eigenvalue weighted by molar-refractivity contribution is 5.08. The highest BCUT2D eigenvalue weighted by atomic mass is 16.8. The zero-order valence-corrected chi connectivity index (χ0v) is 12.8. The fourth-order valence-corrected chi connectivity index (χ4v) is 3.20. The van der Waals surface area contributed by atoms with Gasteiger partial charge in [0.1, 0.15) is 24.4 Å². The molecule has 0 unspecified atom stereocenters. The third kappa shape index (κ3) is 2.59. The molecule has 21 heavy (non-hydrogen) atoms. The maximum Gasteiger partial charge on any atom is 0.206 e. The first kappa shape index (κ1) is 15.2. The van der Waals surface area contributed by atoms with Crippen LogP contribution in [0.3, 0.4) is 0 Å². The van der Waals surface area contributed by atoms with Crippen LogP contribution in [-0.4, -0.2) is 53.5 Å². The Kier molecular flexibility index (Phi) is 3.38. The van der Waals surface area contributed by atoms with Crippen LogP contribution in [0, 0.1) is 12.3 Å². The zero-order chi connectivity index (χ0) is 15.5. The van der Waals surface area contributed by atoms with Gasteiger partial charge in [-0.05, 0) is 27.7 Å². The molecule has 0 bridgehead atoms. The van der Waals surface area contributed by atoms with Crippen LogP contribution in [0.5, 0.6) is 0 Å². The molecule has 0 aromatic heterocycles. The number of aliphatic hydroxyl groups is 1. The summed E-state index contributed by atoms with van der Waals surface area (Å²) in [7, 11) is 0. The lowest BCUT2D eigenvalue weighted by Crippen LogP contribution is -2.43. The van der Waals surface area contributed by atoms with Crippen LogP contribution < -0.4 is 0 Å². The monoisotopic (exact) mass is 298 g/mol. The largest absolute Gasteiger partial charge is 0.363 e. The molecular weight excluding hydrogens is 276 g/mol. The second-order valence-electron chi connectivity index (χ2n) is 6.70. The Bertz CT molecular complexity index is 467. The smallest absolute Gasteiger partial charge is 0.206 e. The second-order valence-corrected chi connectivity index (χ2v) is 6.70. The predicted octanol–water partition coefficient (Wildman–Crippen LogP) is 0.769. The normalized spacial score (nSPS) is 47.2. The van der Waals surface area contributed by atoms with Crippen molar-refractivity contribution in [1.82, 2.24) is 0 Å². The lowest BCUT2D eigenvalue weighted by molar-refractivity contribution is -0.282. The van der Waals surface area contributed by atoms with Gasteiger partial charge in [0.2, 0.25) is 5.79 Å². The number of terminal acetylenes is 1. The number of fused-ring (bicyclic) bond motifs is 1. The lowest BCUT2D eigenvalue weighted by Gasteiger charge is -2.30. The van der Waals surface area contributed by atoms with Crippen molar-refractivity contribution in [3.8, 4) is 12.3 Å². The van der Waals surface area contributed by atoms with Gasteiger partial charge >= 0.3 is 0 Å². The summed E-state index contributed by atoms with van der Waals surface area (Å²) in [6.07, 6.45) is 3.47. The van der Waals surface area contributed by atoms with E-state index in [9.17, 15) is 5.11 Å². The van der Waals surface area contributed by atoms with Crippen LogP contribution in [0.4, 0.5) is 0 Å². The van der Waals surface area contributed by atoms with Gasteiger partial charge in [-0.1, -0.05) is 0 Å². The Morgan fingerprint density at radius 1 is 1.05 bits per heavy atom. The van der Waals surface area contributed by atoms with Crippen LogP contribution in [0.25, 0.3) is 0 Å². The van der Waals surface area contributed by atoms with E-state index in [0.29, 0.717) is 6.61 Å². The van der Waals surface area contributed by atoms with Crippen molar-refractivity contribution in [2.45, 2.75) is 75.9 Å². The van der Waals surface area contributed by atoms with E-state index in [1.54, 1.807) is 13.8 Å². The minimum atomic E-state index is -1.56. The predicted molar refractivity (Wildman–Crippen MR) is 72.0 cm³/mol. The topological polar surface area (TPSA) is 66.4 Å². The van der Waals surface area contributed by atoms with Gasteiger partial charge in [0, 0.05) is 0 Å². The molecule has 0 aliphatic carbocycles. The van der Waals surface area contributed by atoms with Gasteiger partial charge < -0.3 is 28.8 Å². The van der Waals surface area contributed by atoms with Crippen molar-refractivity contribution in [3.05, 3.63) is 0 Å². The van der Waals surface area contributed by atoms with Gasteiger partial charge in [-0.15, -0.1) is 12.3 Å². The minimum absolute atomic E-state index is 0.0288. The molecule has 0 spiro atoms. The summed E-state index contributed by atoms with van der Waals surface area (Å²) >= 11 is 0. The average Bonchev–Trinajstić information content (AvgIpc) is 2.93. The summed E-state index contributed by atoms with van der Waals surface area (Å²) < 4.78 is 28.9. The van der Waals surface area contributed by atoms with Crippen molar-refractivity contribution in [1.29, 1.82) is 0 Å². The molecule has 0 saturated carbocycles. The molecule has 118 valence electrons. The first-order valence-electron chi connectivity index (χ1n) is 7.17. The molecule has 1 N–H and O–H groups in total. The highest BCUT2D eigenvalue weighted by Gasteiger charge is 2.64. The van der Waals surface area contributed by atoms with Crippen LogP contribution in [-0.2, 0) is 23.7 Å². The van der Waals surface area contributed by atoms with Crippen molar-refractivity contribution in [2.75, 3.05) is 6.61 Å². The van der Waals surface area contributed by atoms with E-state index < -0.39 is 35.7 Å². The van der Waals surface area contributed by atoms with Gasteiger partial charge in [0.15, 0.2) is 11.6 Å². The summed E-state index contributed by atoms with van der Waals surface area (Å²) in [6.45, 7) is 7.64. The molecule has 0 aromatic rings. The Balaban J connectivity index is 1.84. The molecule has 3 aliphatic heterocycles. The van der Waals surface area contributed by atoms with Crippen molar-refractivity contribution >= 4 is 0 Å². The zero-order valence-electron chi connectivity index (χ0n) is 12.8. The van der Waals surface area contributed by atoms with Crippen LogP contribution >= 0.6 is 0 Å². The fourth-order valence-electron chi connectivity index (χ4n) is 3.20. The Labute approximate surface area is 124 Å². The quantitative estimate of drug-likeness (QED) is 0.760. The van der Waals surface area contributed by atoms with E-state index in [1.807, 2.05) is 13.8 Å². The number of ether oxygens (including phenoxy) is 5. The molecule has 3 rings (SSSR count). The van der Waals surface area contributed by atoms with Gasteiger partial charge in [-0.25, -0.2) is 0 Å². The first-order valence-corrected chi connectivity index (χ1v) is 7.17. The fraction of sp³-hybridized carbons (Fsp3) is 0.867. The van der Waals surface area contributed by atoms with E-state index in [-0.39, 0.29) is 12.5 Å². The van der Waals surface area contributed by atoms with E-state index >= 15 is 0 Å². The van der Waals surface area contributed by atoms with Gasteiger partial charge in [0.25, 0.3) is 0 Å². The lowest BCUT2D eigenvalue weighted by atomic mass is 10.0.